The molecule has 0 radical (unpaired) electrons. The molecule has 1 atom stereocenters. The minimum Gasteiger partial charge on any atom is -0.329 e. The summed E-state index contributed by atoms with van der Waals surface area (Å²) in [6.07, 6.45) is 0. The van der Waals surface area contributed by atoms with Gasteiger partial charge in [-0.15, -0.1) is 0 Å². The molecule has 0 aliphatic rings. The highest BCUT2D eigenvalue weighted by molar-refractivity contribution is 5.32. The maximum Gasteiger partial charge on any atom is 0.0422 e. The summed E-state index contributed by atoms with van der Waals surface area (Å²) < 4.78 is 0. The van der Waals surface area contributed by atoms with Crippen molar-refractivity contribution in [3.05, 3.63) is 35.4 Å². The summed E-state index contributed by atoms with van der Waals surface area (Å²) in [7, 11) is 0. The van der Waals surface area contributed by atoms with Crippen molar-refractivity contribution in [2.24, 2.45) is 11.5 Å². The van der Waals surface area contributed by atoms with Gasteiger partial charge in [-0.2, -0.15) is 0 Å². The van der Waals surface area contributed by atoms with Gasteiger partial charge in [0.05, 0.1) is 0 Å². The second-order valence-corrected chi connectivity index (χ2v) is 3.63. The van der Waals surface area contributed by atoms with Crippen LogP contribution in [0.1, 0.15) is 36.9 Å². The van der Waals surface area contributed by atoms with Gasteiger partial charge in [-0.3, -0.25) is 0 Å². The molecule has 0 heterocycles. The number of nitrogens with two attached hydrogens (primary N) is 2. The van der Waals surface area contributed by atoms with Crippen LogP contribution in [0.15, 0.2) is 24.3 Å². The number of hydrogen-bond acceptors (Lipinski definition) is 2. The van der Waals surface area contributed by atoms with Gasteiger partial charge in [0.2, 0.25) is 0 Å². The van der Waals surface area contributed by atoms with Crippen LogP contribution in [0, 0.1) is 0 Å². The van der Waals surface area contributed by atoms with Crippen LogP contribution < -0.4 is 11.5 Å². The van der Waals surface area contributed by atoms with Gasteiger partial charge >= 0.3 is 0 Å². The number of benzene rings is 1. The summed E-state index contributed by atoms with van der Waals surface area (Å²) >= 11 is 0. The lowest BCUT2D eigenvalue weighted by Gasteiger charge is -2.16. The van der Waals surface area contributed by atoms with Crippen LogP contribution in [0.5, 0.6) is 0 Å². The van der Waals surface area contributed by atoms with E-state index in [1.54, 1.807) is 0 Å². The van der Waals surface area contributed by atoms with E-state index < -0.39 is 0 Å². The van der Waals surface area contributed by atoms with Gasteiger partial charge in [-0.05, 0) is 17.0 Å². The molecule has 0 aliphatic heterocycles. The van der Waals surface area contributed by atoms with Crippen LogP contribution in [-0.2, 0) is 0 Å². The molecule has 1 rings (SSSR count). The van der Waals surface area contributed by atoms with E-state index in [0.717, 1.165) is 0 Å². The zero-order valence-corrected chi connectivity index (χ0v) is 8.33. The normalized spacial score (nSPS) is 13.3. The first kappa shape index (κ1) is 10.2. The molecule has 0 amide bonds. The molecule has 13 heavy (non-hydrogen) atoms. The maximum absolute atomic E-state index is 5.91. The van der Waals surface area contributed by atoms with Crippen LogP contribution in [0.2, 0.25) is 0 Å². The fourth-order valence-electron chi connectivity index (χ4n) is 1.50. The second-order valence-electron chi connectivity index (χ2n) is 3.63. The summed E-state index contributed by atoms with van der Waals surface area (Å²) in [4.78, 5) is 0. The Bertz CT molecular complexity index is 269. The Hall–Kier alpha value is -0.860. The standard InChI is InChI=1S/C11H18N2/c1-8(2)9-5-3-4-6-10(9)11(13)7-12/h3-6,8,11H,7,12-13H2,1-2H3/t11-/m1/s1. The Kier molecular flexibility index (Phi) is 3.46. The molecule has 1 aromatic carbocycles. The van der Waals surface area contributed by atoms with Crippen LogP contribution in [0.25, 0.3) is 0 Å². The smallest absolute Gasteiger partial charge is 0.0422 e. The third-order valence-corrected chi connectivity index (χ3v) is 2.27. The van der Waals surface area contributed by atoms with E-state index >= 15 is 0 Å². The monoisotopic (exact) mass is 178 g/mol. The molecule has 0 aliphatic carbocycles. The van der Waals surface area contributed by atoms with Crippen molar-refractivity contribution in [2.75, 3.05) is 6.54 Å². The highest BCUT2D eigenvalue weighted by atomic mass is 14.7. The predicted molar refractivity (Wildman–Crippen MR) is 56.5 cm³/mol. The predicted octanol–water partition coefficient (Wildman–Crippen LogP) is 1.77. The molecule has 0 saturated carbocycles. The van der Waals surface area contributed by atoms with E-state index in [9.17, 15) is 0 Å². The van der Waals surface area contributed by atoms with Crippen LogP contribution in [0.4, 0.5) is 0 Å². The van der Waals surface area contributed by atoms with Gasteiger partial charge in [0.1, 0.15) is 0 Å². The quantitative estimate of drug-likeness (QED) is 0.741. The second kappa shape index (κ2) is 4.40. The van der Waals surface area contributed by atoms with Crippen LogP contribution in [-0.4, -0.2) is 6.54 Å². The summed E-state index contributed by atoms with van der Waals surface area (Å²) in [5.41, 5.74) is 13.9. The van der Waals surface area contributed by atoms with E-state index in [1.807, 2.05) is 12.1 Å². The lowest BCUT2D eigenvalue weighted by Crippen LogP contribution is -2.22. The lowest BCUT2D eigenvalue weighted by molar-refractivity contribution is 0.710. The van der Waals surface area contributed by atoms with E-state index in [2.05, 4.69) is 26.0 Å². The van der Waals surface area contributed by atoms with E-state index in [1.165, 1.54) is 11.1 Å². The molecule has 1 aromatic rings. The maximum atomic E-state index is 5.91. The first-order valence-electron chi connectivity index (χ1n) is 4.71. The Morgan fingerprint density at radius 2 is 1.69 bits per heavy atom. The topological polar surface area (TPSA) is 52.0 Å². The van der Waals surface area contributed by atoms with Gasteiger partial charge in [0, 0.05) is 12.6 Å². The minimum absolute atomic E-state index is 0.0291. The summed E-state index contributed by atoms with van der Waals surface area (Å²) in [5.74, 6) is 0.508. The zero-order chi connectivity index (χ0) is 9.84. The van der Waals surface area contributed by atoms with Gasteiger partial charge < -0.3 is 11.5 Å². The molecule has 0 fully saturated rings. The molecule has 0 aromatic heterocycles. The SMILES string of the molecule is CC(C)c1ccccc1[C@H](N)CN. The number of rotatable bonds is 3. The van der Waals surface area contributed by atoms with Gasteiger partial charge in [-0.25, -0.2) is 0 Å². The van der Waals surface area contributed by atoms with Crippen LogP contribution in [0.3, 0.4) is 0 Å². The highest BCUT2D eigenvalue weighted by Crippen LogP contribution is 2.22. The largest absolute Gasteiger partial charge is 0.329 e. The van der Waals surface area contributed by atoms with Crippen molar-refractivity contribution in [3.8, 4) is 0 Å². The van der Waals surface area contributed by atoms with Crippen molar-refractivity contribution in [2.45, 2.75) is 25.8 Å². The number of hydrogen-bond donors (Lipinski definition) is 2. The Morgan fingerprint density at radius 1 is 1.15 bits per heavy atom. The Labute approximate surface area is 79.9 Å². The lowest BCUT2D eigenvalue weighted by atomic mass is 9.93. The average Bonchev–Trinajstić information content (AvgIpc) is 2.16. The van der Waals surface area contributed by atoms with Crippen molar-refractivity contribution >= 4 is 0 Å². The molecule has 72 valence electrons. The third-order valence-electron chi connectivity index (χ3n) is 2.27. The average molecular weight is 178 g/mol. The highest BCUT2D eigenvalue weighted by Gasteiger charge is 2.10. The Balaban J connectivity index is 3.04. The van der Waals surface area contributed by atoms with Crippen molar-refractivity contribution in [1.82, 2.24) is 0 Å². The van der Waals surface area contributed by atoms with E-state index in [-0.39, 0.29) is 6.04 Å². The molecular formula is C11H18N2. The fourth-order valence-corrected chi connectivity index (χ4v) is 1.50. The Morgan fingerprint density at radius 3 is 2.15 bits per heavy atom. The van der Waals surface area contributed by atoms with E-state index in [4.69, 9.17) is 11.5 Å². The first-order valence-corrected chi connectivity index (χ1v) is 4.71. The molecule has 4 N–H and O–H groups in total. The third kappa shape index (κ3) is 2.29. The van der Waals surface area contributed by atoms with Crippen molar-refractivity contribution < 1.29 is 0 Å². The fraction of sp³-hybridized carbons (Fsp3) is 0.455. The molecule has 0 bridgehead atoms. The summed E-state index contributed by atoms with van der Waals surface area (Å²) in [6.45, 7) is 4.84. The molecule has 0 unspecified atom stereocenters. The van der Waals surface area contributed by atoms with E-state index in [0.29, 0.717) is 12.5 Å². The van der Waals surface area contributed by atoms with Crippen LogP contribution >= 0.6 is 0 Å². The van der Waals surface area contributed by atoms with Gasteiger partial charge in [0.25, 0.3) is 0 Å². The molecule has 2 nitrogen and oxygen atoms in total. The molecular weight excluding hydrogens is 160 g/mol. The van der Waals surface area contributed by atoms with Gasteiger partial charge in [-0.1, -0.05) is 38.1 Å². The molecule has 0 spiro atoms. The van der Waals surface area contributed by atoms with Gasteiger partial charge in [0.15, 0.2) is 0 Å². The first-order chi connectivity index (χ1) is 6.16. The van der Waals surface area contributed by atoms with Crippen molar-refractivity contribution in [1.29, 1.82) is 0 Å². The molecule has 0 saturated heterocycles. The zero-order valence-electron chi connectivity index (χ0n) is 8.33. The summed E-state index contributed by atoms with van der Waals surface area (Å²) in [5, 5.41) is 0. The van der Waals surface area contributed by atoms with Crippen molar-refractivity contribution in [3.63, 3.8) is 0 Å². The summed E-state index contributed by atoms with van der Waals surface area (Å²) in [6, 6.07) is 8.21. The minimum atomic E-state index is -0.0291. The molecule has 2 heteroatoms.